The quantitative estimate of drug-likeness (QED) is 0.290. The maximum atomic E-state index is 13.1. The van der Waals surface area contributed by atoms with Gasteiger partial charge in [0.05, 0.1) is 25.0 Å². The Morgan fingerprint density at radius 1 is 0.868 bits per heavy atom. The fourth-order valence-electron chi connectivity index (χ4n) is 3.62. The molecule has 194 valence electrons. The predicted molar refractivity (Wildman–Crippen MR) is 144 cm³/mol. The SMILES string of the molecule is CCOC(=O)c1ccc(NC(=O)c2ccc(NC3=C(Cl)C(=O)N(c4cc(Cl)ccc4OC)C3=O)cc2)cc1. The molecule has 0 saturated carbocycles. The van der Waals surface area contributed by atoms with Crippen molar-refractivity contribution in [2.45, 2.75) is 6.92 Å². The number of rotatable bonds is 8. The van der Waals surface area contributed by atoms with Crippen LogP contribution in [0.5, 0.6) is 5.75 Å². The van der Waals surface area contributed by atoms with Crippen molar-refractivity contribution in [3.63, 3.8) is 0 Å². The van der Waals surface area contributed by atoms with Crippen molar-refractivity contribution in [1.29, 1.82) is 0 Å². The van der Waals surface area contributed by atoms with Crippen molar-refractivity contribution in [3.8, 4) is 5.75 Å². The van der Waals surface area contributed by atoms with Gasteiger partial charge in [0.2, 0.25) is 0 Å². The Bertz CT molecular complexity index is 1450. The highest BCUT2D eigenvalue weighted by molar-refractivity contribution is 6.53. The zero-order valence-electron chi connectivity index (χ0n) is 20.2. The summed E-state index contributed by atoms with van der Waals surface area (Å²) in [6, 6.07) is 17.1. The summed E-state index contributed by atoms with van der Waals surface area (Å²) in [5, 5.41) is 5.60. The van der Waals surface area contributed by atoms with Gasteiger partial charge in [-0.2, -0.15) is 0 Å². The lowest BCUT2D eigenvalue weighted by Gasteiger charge is -2.18. The lowest BCUT2D eigenvalue weighted by atomic mass is 10.1. The topological polar surface area (TPSA) is 114 Å². The molecule has 11 heteroatoms. The number of ether oxygens (including phenoxy) is 2. The first-order valence-corrected chi connectivity index (χ1v) is 12.1. The summed E-state index contributed by atoms with van der Waals surface area (Å²) in [7, 11) is 1.40. The Morgan fingerprint density at radius 2 is 1.50 bits per heavy atom. The zero-order valence-corrected chi connectivity index (χ0v) is 21.7. The number of benzene rings is 3. The van der Waals surface area contributed by atoms with Gasteiger partial charge >= 0.3 is 5.97 Å². The third-order valence-corrected chi connectivity index (χ3v) is 6.07. The molecular formula is C27H21Cl2N3O6. The van der Waals surface area contributed by atoms with E-state index >= 15 is 0 Å². The number of anilines is 3. The highest BCUT2D eigenvalue weighted by atomic mass is 35.5. The number of carbonyl (C=O) groups excluding carboxylic acids is 4. The molecule has 0 atom stereocenters. The van der Waals surface area contributed by atoms with Crippen LogP contribution in [0.2, 0.25) is 5.02 Å². The average Bonchev–Trinajstić information content (AvgIpc) is 3.12. The Labute approximate surface area is 227 Å². The van der Waals surface area contributed by atoms with Crippen LogP contribution in [0.4, 0.5) is 17.1 Å². The maximum Gasteiger partial charge on any atom is 0.338 e. The van der Waals surface area contributed by atoms with Crippen molar-refractivity contribution in [2.24, 2.45) is 0 Å². The second-order valence-electron chi connectivity index (χ2n) is 7.91. The highest BCUT2D eigenvalue weighted by Crippen LogP contribution is 2.37. The monoisotopic (exact) mass is 553 g/mol. The van der Waals surface area contributed by atoms with Crippen LogP contribution in [0.25, 0.3) is 0 Å². The molecule has 3 amide bonds. The number of nitrogens with one attached hydrogen (secondary N) is 2. The van der Waals surface area contributed by atoms with Gasteiger partial charge in [-0.25, -0.2) is 9.69 Å². The van der Waals surface area contributed by atoms with Gasteiger partial charge in [0.15, 0.2) is 0 Å². The van der Waals surface area contributed by atoms with E-state index in [1.165, 1.54) is 31.4 Å². The molecule has 0 aromatic heterocycles. The smallest absolute Gasteiger partial charge is 0.338 e. The first-order valence-electron chi connectivity index (χ1n) is 11.3. The van der Waals surface area contributed by atoms with E-state index < -0.39 is 17.8 Å². The number of methoxy groups -OCH3 is 1. The molecule has 0 aliphatic carbocycles. The molecule has 2 N–H and O–H groups in total. The fourth-order valence-corrected chi connectivity index (χ4v) is 4.00. The van der Waals surface area contributed by atoms with Crippen LogP contribution in [0.1, 0.15) is 27.6 Å². The molecule has 1 aliphatic rings. The van der Waals surface area contributed by atoms with Crippen molar-refractivity contribution in [1.82, 2.24) is 0 Å². The van der Waals surface area contributed by atoms with E-state index in [0.29, 0.717) is 27.5 Å². The Kier molecular flexibility index (Phi) is 7.99. The molecule has 0 unspecified atom stereocenters. The van der Waals surface area contributed by atoms with E-state index in [9.17, 15) is 19.2 Å². The van der Waals surface area contributed by atoms with Gasteiger partial charge in [-0.1, -0.05) is 23.2 Å². The number of amides is 3. The summed E-state index contributed by atoms with van der Waals surface area (Å²) in [6.45, 7) is 1.99. The largest absolute Gasteiger partial charge is 0.495 e. The first-order chi connectivity index (χ1) is 18.2. The highest BCUT2D eigenvalue weighted by Gasteiger charge is 2.40. The van der Waals surface area contributed by atoms with E-state index in [-0.39, 0.29) is 34.7 Å². The lowest BCUT2D eigenvalue weighted by molar-refractivity contribution is -0.120. The van der Waals surface area contributed by atoms with Crippen LogP contribution in [-0.4, -0.2) is 37.4 Å². The molecule has 0 bridgehead atoms. The summed E-state index contributed by atoms with van der Waals surface area (Å²) in [6.07, 6.45) is 0. The fraction of sp³-hybridized carbons (Fsp3) is 0.111. The number of imide groups is 1. The zero-order chi connectivity index (χ0) is 27.4. The summed E-state index contributed by atoms with van der Waals surface area (Å²) >= 11 is 12.3. The Hall–Kier alpha value is -4.34. The summed E-state index contributed by atoms with van der Waals surface area (Å²) in [5.74, 6) is -1.98. The minimum absolute atomic E-state index is 0.127. The van der Waals surface area contributed by atoms with Gasteiger partial charge in [0.25, 0.3) is 17.7 Å². The molecule has 0 saturated heterocycles. The molecule has 0 spiro atoms. The molecule has 38 heavy (non-hydrogen) atoms. The summed E-state index contributed by atoms with van der Waals surface area (Å²) in [5.41, 5.74) is 1.66. The number of hydrogen-bond donors (Lipinski definition) is 2. The number of esters is 1. The van der Waals surface area contributed by atoms with Gasteiger partial charge in [0, 0.05) is 22.0 Å². The minimum Gasteiger partial charge on any atom is -0.495 e. The minimum atomic E-state index is -0.732. The van der Waals surface area contributed by atoms with Gasteiger partial charge in [-0.15, -0.1) is 0 Å². The van der Waals surface area contributed by atoms with Crippen LogP contribution in [-0.2, 0) is 14.3 Å². The number of nitrogens with zero attached hydrogens (tertiary/aromatic N) is 1. The van der Waals surface area contributed by atoms with E-state index in [1.54, 1.807) is 49.4 Å². The Balaban J connectivity index is 1.45. The normalized spacial score (nSPS) is 13.0. The van der Waals surface area contributed by atoms with Crippen LogP contribution in [0, 0.1) is 0 Å². The summed E-state index contributed by atoms with van der Waals surface area (Å²) < 4.78 is 10.2. The van der Waals surface area contributed by atoms with Gasteiger partial charge in [0.1, 0.15) is 16.5 Å². The van der Waals surface area contributed by atoms with Crippen molar-refractivity contribution in [2.75, 3.05) is 29.3 Å². The molecular weight excluding hydrogens is 533 g/mol. The van der Waals surface area contributed by atoms with Gasteiger partial charge in [-0.05, 0) is 73.7 Å². The van der Waals surface area contributed by atoms with Crippen LogP contribution >= 0.6 is 23.2 Å². The molecule has 9 nitrogen and oxygen atoms in total. The maximum absolute atomic E-state index is 13.1. The molecule has 3 aromatic rings. The van der Waals surface area contributed by atoms with Crippen LogP contribution < -0.4 is 20.3 Å². The van der Waals surface area contributed by atoms with Crippen LogP contribution in [0.15, 0.2) is 77.5 Å². The van der Waals surface area contributed by atoms with E-state index in [1.807, 2.05) is 0 Å². The standard InChI is InChI=1S/C27H21Cl2N3O6/c1-3-38-27(36)16-6-11-19(12-7-16)31-24(33)15-4-9-18(10-5-15)30-23-22(29)25(34)32(26(23)35)20-14-17(28)8-13-21(20)37-2/h4-14,30H,3H2,1-2H3,(H,31,33). The third-order valence-electron chi connectivity index (χ3n) is 5.48. The summed E-state index contributed by atoms with van der Waals surface area (Å²) in [4.78, 5) is 51.2. The van der Waals surface area contributed by atoms with E-state index in [4.69, 9.17) is 32.7 Å². The molecule has 1 aliphatic heterocycles. The average molecular weight is 554 g/mol. The van der Waals surface area contributed by atoms with Gasteiger partial charge < -0.3 is 20.1 Å². The number of carbonyl (C=O) groups is 4. The van der Waals surface area contributed by atoms with Crippen molar-refractivity contribution in [3.05, 3.63) is 93.6 Å². The number of hydrogen-bond acceptors (Lipinski definition) is 7. The molecule has 3 aromatic carbocycles. The van der Waals surface area contributed by atoms with Crippen molar-refractivity contribution < 1.29 is 28.7 Å². The second-order valence-corrected chi connectivity index (χ2v) is 8.72. The van der Waals surface area contributed by atoms with E-state index in [2.05, 4.69) is 10.6 Å². The second kappa shape index (κ2) is 11.4. The van der Waals surface area contributed by atoms with Crippen LogP contribution in [0.3, 0.4) is 0 Å². The molecule has 0 radical (unpaired) electrons. The van der Waals surface area contributed by atoms with Crippen molar-refractivity contribution >= 4 is 64.0 Å². The number of halogens is 2. The first kappa shape index (κ1) is 26.7. The lowest BCUT2D eigenvalue weighted by Crippen LogP contribution is -2.32. The molecule has 4 rings (SSSR count). The molecule has 0 fully saturated rings. The van der Waals surface area contributed by atoms with E-state index in [0.717, 1.165) is 4.90 Å². The predicted octanol–water partition coefficient (Wildman–Crippen LogP) is 5.21. The Morgan fingerprint density at radius 3 is 2.13 bits per heavy atom. The van der Waals surface area contributed by atoms with Gasteiger partial charge in [-0.3, -0.25) is 14.4 Å². The third kappa shape index (κ3) is 5.49. The molecule has 1 heterocycles.